The molecule has 1 fully saturated rings. The Labute approximate surface area is 96.6 Å². The van der Waals surface area contributed by atoms with Gasteiger partial charge >= 0.3 is 0 Å². The minimum atomic E-state index is -0.447. The summed E-state index contributed by atoms with van der Waals surface area (Å²) in [7, 11) is 0. The van der Waals surface area contributed by atoms with Crippen LogP contribution in [0.25, 0.3) is 0 Å². The molecule has 0 radical (unpaired) electrons. The van der Waals surface area contributed by atoms with Gasteiger partial charge in [-0.1, -0.05) is 6.92 Å². The monoisotopic (exact) mass is 230 g/mol. The Kier molecular flexibility index (Phi) is 5.73. The fourth-order valence-electron chi connectivity index (χ4n) is 1.56. The van der Waals surface area contributed by atoms with Gasteiger partial charge in [0.2, 0.25) is 5.91 Å². The number of carbonyl (C=O) groups excluding carboxylic acids is 1. The minimum Gasteiger partial charge on any atom is -0.389 e. The molecule has 0 bridgehead atoms. The van der Waals surface area contributed by atoms with E-state index in [-0.39, 0.29) is 18.0 Å². The summed E-state index contributed by atoms with van der Waals surface area (Å²) < 4.78 is 5.10. The fourth-order valence-corrected chi connectivity index (χ4v) is 1.56. The van der Waals surface area contributed by atoms with Crippen molar-refractivity contribution in [3.63, 3.8) is 0 Å². The smallest absolute Gasteiger partial charge is 0.221 e. The Morgan fingerprint density at radius 3 is 2.88 bits per heavy atom. The van der Waals surface area contributed by atoms with E-state index < -0.39 is 6.10 Å². The van der Waals surface area contributed by atoms with E-state index in [2.05, 4.69) is 10.6 Å². The van der Waals surface area contributed by atoms with Crippen molar-refractivity contribution >= 4 is 5.91 Å². The van der Waals surface area contributed by atoms with E-state index >= 15 is 0 Å². The van der Waals surface area contributed by atoms with Crippen molar-refractivity contribution in [3.05, 3.63) is 0 Å². The first-order valence-electron chi connectivity index (χ1n) is 5.92. The van der Waals surface area contributed by atoms with Crippen molar-refractivity contribution in [2.24, 2.45) is 0 Å². The fraction of sp³-hybridized carbons (Fsp3) is 0.909. The van der Waals surface area contributed by atoms with E-state index in [1.54, 1.807) is 0 Å². The SMILES string of the molecule is CCC(C)NC(=O)CCNC1COCC1O. The van der Waals surface area contributed by atoms with Crippen LogP contribution in [0.4, 0.5) is 0 Å². The summed E-state index contributed by atoms with van der Waals surface area (Å²) in [6.07, 6.45) is 0.930. The van der Waals surface area contributed by atoms with E-state index in [0.29, 0.717) is 26.2 Å². The van der Waals surface area contributed by atoms with Crippen LogP contribution in [0.3, 0.4) is 0 Å². The Morgan fingerprint density at radius 2 is 2.31 bits per heavy atom. The van der Waals surface area contributed by atoms with Gasteiger partial charge in [0.25, 0.3) is 0 Å². The number of rotatable bonds is 6. The maximum Gasteiger partial charge on any atom is 0.221 e. The van der Waals surface area contributed by atoms with E-state index in [4.69, 9.17) is 4.74 Å². The second-order valence-corrected chi connectivity index (χ2v) is 4.29. The summed E-state index contributed by atoms with van der Waals surface area (Å²) in [6, 6.07) is 0.198. The molecule has 0 aromatic rings. The quantitative estimate of drug-likeness (QED) is 0.583. The van der Waals surface area contributed by atoms with E-state index in [9.17, 15) is 9.90 Å². The van der Waals surface area contributed by atoms with E-state index in [0.717, 1.165) is 6.42 Å². The predicted molar refractivity (Wildman–Crippen MR) is 61.1 cm³/mol. The summed E-state index contributed by atoms with van der Waals surface area (Å²) in [5, 5.41) is 15.5. The van der Waals surface area contributed by atoms with Gasteiger partial charge in [0.15, 0.2) is 0 Å². The van der Waals surface area contributed by atoms with Crippen molar-refractivity contribution in [3.8, 4) is 0 Å². The number of nitrogens with one attached hydrogen (secondary N) is 2. The largest absolute Gasteiger partial charge is 0.389 e. The third-order valence-corrected chi connectivity index (χ3v) is 2.83. The molecule has 3 N–H and O–H groups in total. The number of hydrogen-bond donors (Lipinski definition) is 3. The molecule has 1 amide bonds. The van der Waals surface area contributed by atoms with Gasteiger partial charge in [-0.25, -0.2) is 0 Å². The highest BCUT2D eigenvalue weighted by molar-refractivity contribution is 5.76. The Hall–Kier alpha value is -0.650. The predicted octanol–water partition coefficient (Wildman–Crippen LogP) is -0.359. The van der Waals surface area contributed by atoms with Gasteiger partial charge in [0.05, 0.1) is 25.4 Å². The molecule has 94 valence electrons. The molecule has 16 heavy (non-hydrogen) atoms. The highest BCUT2D eigenvalue weighted by Gasteiger charge is 2.25. The Balaban J connectivity index is 2.08. The van der Waals surface area contributed by atoms with Crippen LogP contribution in [0.2, 0.25) is 0 Å². The van der Waals surface area contributed by atoms with Gasteiger partial charge in [-0.05, 0) is 13.3 Å². The summed E-state index contributed by atoms with van der Waals surface area (Å²) in [6.45, 7) is 5.51. The average molecular weight is 230 g/mol. The van der Waals surface area contributed by atoms with Crippen LogP contribution in [0, 0.1) is 0 Å². The Bertz CT molecular complexity index is 223. The number of aliphatic hydroxyl groups excluding tert-OH is 1. The van der Waals surface area contributed by atoms with Crippen molar-refractivity contribution < 1.29 is 14.6 Å². The zero-order chi connectivity index (χ0) is 12.0. The molecule has 5 nitrogen and oxygen atoms in total. The topological polar surface area (TPSA) is 70.6 Å². The van der Waals surface area contributed by atoms with Crippen LogP contribution in [0.1, 0.15) is 26.7 Å². The third kappa shape index (κ3) is 4.47. The van der Waals surface area contributed by atoms with Crippen molar-refractivity contribution in [1.82, 2.24) is 10.6 Å². The van der Waals surface area contributed by atoms with Crippen molar-refractivity contribution in [1.29, 1.82) is 0 Å². The lowest BCUT2D eigenvalue weighted by Crippen LogP contribution is -2.41. The molecule has 0 saturated carbocycles. The van der Waals surface area contributed by atoms with Gasteiger partial charge in [0.1, 0.15) is 0 Å². The number of ether oxygens (including phenoxy) is 1. The zero-order valence-electron chi connectivity index (χ0n) is 10.0. The third-order valence-electron chi connectivity index (χ3n) is 2.83. The molecular weight excluding hydrogens is 208 g/mol. The molecule has 0 aromatic heterocycles. The van der Waals surface area contributed by atoms with Crippen molar-refractivity contribution in [2.45, 2.75) is 44.9 Å². The zero-order valence-corrected chi connectivity index (χ0v) is 10.0. The molecular formula is C11H22N2O3. The van der Waals surface area contributed by atoms with Crippen LogP contribution < -0.4 is 10.6 Å². The highest BCUT2D eigenvalue weighted by Crippen LogP contribution is 2.04. The maximum absolute atomic E-state index is 11.4. The number of aliphatic hydroxyl groups is 1. The maximum atomic E-state index is 11.4. The summed E-state index contributed by atoms with van der Waals surface area (Å²) in [4.78, 5) is 11.4. The van der Waals surface area contributed by atoms with Gasteiger partial charge in [0, 0.05) is 19.0 Å². The van der Waals surface area contributed by atoms with E-state index in [1.807, 2.05) is 13.8 Å². The van der Waals surface area contributed by atoms with Gasteiger partial charge < -0.3 is 20.5 Å². The lowest BCUT2D eigenvalue weighted by molar-refractivity contribution is -0.121. The van der Waals surface area contributed by atoms with Gasteiger partial charge in [-0.15, -0.1) is 0 Å². The first kappa shape index (κ1) is 13.4. The van der Waals surface area contributed by atoms with Crippen LogP contribution in [0.5, 0.6) is 0 Å². The number of hydrogen-bond acceptors (Lipinski definition) is 4. The lowest BCUT2D eigenvalue weighted by Gasteiger charge is -2.15. The summed E-state index contributed by atoms with van der Waals surface area (Å²) in [5.41, 5.74) is 0. The van der Waals surface area contributed by atoms with Crippen LogP contribution in [-0.4, -0.2) is 49.0 Å². The molecule has 3 atom stereocenters. The summed E-state index contributed by atoms with van der Waals surface area (Å²) in [5.74, 6) is 0.0512. The summed E-state index contributed by atoms with van der Waals surface area (Å²) >= 11 is 0. The molecule has 1 aliphatic heterocycles. The molecule has 0 aromatic carbocycles. The molecule has 0 spiro atoms. The van der Waals surface area contributed by atoms with Crippen LogP contribution in [-0.2, 0) is 9.53 Å². The Morgan fingerprint density at radius 1 is 1.56 bits per heavy atom. The first-order chi connectivity index (χ1) is 7.63. The molecule has 1 aliphatic rings. The van der Waals surface area contributed by atoms with Gasteiger partial charge in [-0.3, -0.25) is 4.79 Å². The first-order valence-corrected chi connectivity index (χ1v) is 5.92. The lowest BCUT2D eigenvalue weighted by atomic mass is 10.2. The molecule has 1 heterocycles. The highest BCUT2D eigenvalue weighted by atomic mass is 16.5. The second kappa shape index (κ2) is 6.83. The van der Waals surface area contributed by atoms with Crippen LogP contribution >= 0.6 is 0 Å². The normalized spacial score (nSPS) is 26.7. The standard InChI is InChI=1S/C11H22N2O3/c1-3-8(2)13-11(15)4-5-12-9-6-16-7-10(9)14/h8-10,12,14H,3-7H2,1-2H3,(H,13,15). The van der Waals surface area contributed by atoms with Gasteiger partial charge in [-0.2, -0.15) is 0 Å². The second-order valence-electron chi connectivity index (χ2n) is 4.29. The number of amides is 1. The van der Waals surface area contributed by atoms with Crippen LogP contribution in [0.15, 0.2) is 0 Å². The molecule has 5 heteroatoms. The van der Waals surface area contributed by atoms with Crippen molar-refractivity contribution in [2.75, 3.05) is 19.8 Å². The van der Waals surface area contributed by atoms with E-state index in [1.165, 1.54) is 0 Å². The average Bonchev–Trinajstić information content (AvgIpc) is 2.64. The molecule has 1 saturated heterocycles. The molecule has 0 aliphatic carbocycles. The number of carbonyl (C=O) groups is 1. The molecule has 3 unspecified atom stereocenters. The minimum absolute atomic E-state index is 0.0311. The molecule has 1 rings (SSSR count).